The molecule has 2 N–H and O–H groups in total. The van der Waals surface area contributed by atoms with Gasteiger partial charge in [-0.05, 0) is 43.5 Å². The topological polar surface area (TPSA) is 88.9 Å². The Bertz CT molecular complexity index is 890. The van der Waals surface area contributed by atoms with Crippen LogP contribution in [0.3, 0.4) is 0 Å². The number of anilines is 1. The van der Waals surface area contributed by atoms with Crippen LogP contribution in [0, 0.1) is 13.8 Å². The van der Waals surface area contributed by atoms with Crippen LogP contribution < -0.4 is 10.6 Å². The Morgan fingerprint density at radius 3 is 2.69 bits per heavy atom. The van der Waals surface area contributed by atoms with Gasteiger partial charge < -0.3 is 10.6 Å². The number of hydrogen-bond acceptors (Lipinski definition) is 5. The van der Waals surface area contributed by atoms with Gasteiger partial charge in [0.25, 0.3) is 0 Å². The molecular formula is C18H19N5O2S. The zero-order chi connectivity index (χ0) is 18.5. The molecule has 0 saturated carbocycles. The Morgan fingerprint density at radius 2 is 2.08 bits per heavy atom. The van der Waals surface area contributed by atoms with Crippen LogP contribution in [0.2, 0.25) is 0 Å². The van der Waals surface area contributed by atoms with Crippen LogP contribution in [0.4, 0.5) is 5.69 Å². The SMILES string of the molecule is Cc1cc(C)n(C(CNC(=O)C(=O)Nc2cccnc2)c2cccs2)n1. The highest BCUT2D eigenvalue weighted by molar-refractivity contribution is 7.10. The normalized spacial score (nSPS) is 11.8. The fourth-order valence-corrected chi connectivity index (χ4v) is 3.46. The standard InChI is InChI=1S/C18H19N5O2S/c1-12-9-13(2)23(22-12)15(16-6-4-8-26-16)11-20-17(24)18(25)21-14-5-3-7-19-10-14/h3-10,15H,11H2,1-2H3,(H,20,24)(H,21,25). The lowest BCUT2D eigenvalue weighted by Gasteiger charge is -2.18. The van der Waals surface area contributed by atoms with E-state index in [0.717, 1.165) is 16.3 Å². The van der Waals surface area contributed by atoms with Crippen molar-refractivity contribution in [2.45, 2.75) is 19.9 Å². The van der Waals surface area contributed by atoms with Gasteiger partial charge in [0.15, 0.2) is 0 Å². The van der Waals surface area contributed by atoms with Crippen molar-refractivity contribution in [1.82, 2.24) is 20.1 Å². The summed E-state index contributed by atoms with van der Waals surface area (Å²) in [5, 5.41) is 11.7. The first-order valence-electron chi connectivity index (χ1n) is 8.10. The molecule has 0 fully saturated rings. The second kappa shape index (κ2) is 7.92. The fourth-order valence-electron chi connectivity index (χ4n) is 2.64. The summed E-state index contributed by atoms with van der Waals surface area (Å²) in [5.41, 5.74) is 2.38. The molecule has 134 valence electrons. The molecule has 1 unspecified atom stereocenters. The van der Waals surface area contributed by atoms with E-state index in [1.54, 1.807) is 29.7 Å². The van der Waals surface area contributed by atoms with Gasteiger partial charge in [-0.3, -0.25) is 19.3 Å². The Morgan fingerprint density at radius 1 is 1.23 bits per heavy atom. The molecule has 0 aliphatic rings. The van der Waals surface area contributed by atoms with Gasteiger partial charge in [0.2, 0.25) is 0 Å². The van der Waals surface area contributed by atoms with Crippen molar-refractivity contribution < 1.29 is 9.59 Å². The van der Waals surface area contributed by atoms with Gasteiger partial charge in [0.1, 0.15) is 6.04 Å². The van der Waals surface area contributed by atoms with Crippen LogP contribution >= 0.6 is 11.3 Å². The summed E-state index contributed by atoms with van der Waals surface area (Å²) >= 11 is 1.59. The highest BCUT2D eigenvalue weighted by Crippen LogP contribution is 2.24. The van der Waals surface area contributed by atoms with Crippen molar-refractivity contribution in [2.75, 3.05) is 11.9 Å². The van der Waals surface area contributed by atoms with Gasteiger partial charge in [-0.2, -0.15) is 5.10 Å². The molecule has 0 bridgehead atoms. The first-order chi connectivity index (χ1) is 12.5. The summed E-state index contributed by atoms with van der Waals surface area (Å²) in [5.74, 6) is -1.42. The van der Waals surface area contributed by atoms with Crippen LogP contribution in [0.5, 0.6) is 0 Å². The van der Waals surface area contributed by atoms with Crippen molar-refractivity contribution in [3.8, 4) is 0 Å². The van der Waals surface area contributed by atoms with E-state index in [2.05, 4.69) is 20.7 Å². The van der Waals surface area contributed by atoms with Crippen molar-refractivity contribution in [3.05, 3.63) is 64.4 Å². The van der Waals surface area contributed by atoms with Crippen LogP contribution in [0.15, 0.2) is 48.1 Å². The molecule has 2 amide bonds. The molecule has 0 saturated heterocycles. The molecule has 0 aliphatic heterocycles. The maximum absolute atomic E-state index is 12.2. The first-order valence-corrected chi connectivity index (χ1v) is 8.98. The summed E-state index contributed by atoms with van der Waals surface area (Å²) in [6, 6.07) is 9.12. The molecule has 8 heteroatoms. The predicted octanol–water partition coefficient (Wildman–Crippen LogP) is 2.30. The average molecular weight is 369 g/mol. The lowest BCUT2D eigenvalue weighted by atomic mass is 10.2. The largest absolute Gasteiger partial charge is 0.345 e. The number of thiophene rings is 1. The smallest absolute Gasteiger partial charge is 0.313 e. The van der Waals surface area contributed by atoms with Crippen molar-refractivity contribution in [2.24, 2.45) is 0 Å². The van der Waals surface area contributed by atoms with Gasteiger partial charge in [-0.15, -0.1) is 11.3 Å². The Kier molecular flexibility index (Phi) is 5.43. The molecule has 0 spiro atoms. The molecule has 26 heavy (non-hydrogen) atoms. The van der Waals surface area contributed by atoms with Gasteiger partial charge >= 0.3 is 11.8 Å². The molecule has 7 nitrogen and oxygen atoms in total. The van der Waals surface area contributed by atoms with Gasteiger partial charge in [0, 0.05) is 23.3 Å². The summed E-state index contributed by atoms with van der Waals surface area (Å²) in [6.45, 7) is 4.16. The summed E-state index contributed by atoms with van der Waals surface area (Å²) in [7, 11) is 0. The summed E-state index contributed by atoms with van der Waals surface area (Å²) in [4.78, 5) is 29.2. The monoisotopic (exact) mass is 369 g/mol. The molecule has 0 aromatic carbocycles. The molecule has 3 heterocycles. The maximum atomic E-state index is 12.2. The third-order valence-electron chi connectivity index (χ3n) is 3.79. The molecule has 0 aliphatic carbocycles. The molecule has 1 atom stereocenters. The second-order valence-electron chi connectivity index (χ2n) is 5.81. The fraction of sp³-hybridized carbons (Fsp3) is 0.222. The van der Waals surface area contributed by atoms with E-state index in [0.29, 0.717) is 5.69 Å². The number of aromatic nitrogens is 3. The van der Waals surface area contributed by atoms with Crippen molar-refractivity contribution in [1.29, 1.82) is 0 Å². The summed E-state index contributed by atoms with van der Waals surface area (Å²) < 4.78 is 1.88. The number of nitrogens with zero attached hydrogens (tertiary/aromatic N) is 3. The van der Waals surface area contributed by atoms with Crippen LogP contribution in [0.1, 0.15) is 22.3 Å². The molecular weight excluding hydrogens is 350 g/mol. The second-order valence-corrected chi connectivity index (χ2v) is 6.79. The van der Waals surface area contributed by atoms with Gasteiger partial charge in [-0.1, -0.05) is 6.07 Å². The lowest BCUT2D eigenvalue weighted by molar-refractivity contribution is -0.136. The first kappa shape index (κ1) is 17.8. The minimum atomic E-state index is -0.726. The van der Waals surface area contributed by atoms with E-state index in [4.69, 9.17) is 0 Å². The number of carbonyl (C=O) groups is 2. The van der Waals surface area contributed by atoms with Crippen molar-refractivity contribution >= 4 is 28.8 Å². The number of carbonyl (C=O) groups excluding carboxylic acids is 2. The van der Waals surface area contributed by atoms with E-state index >= 15 is 0 Å². The Hall–Kier alpha value is -3.00. The highest BCUT2D eigenvalue weighted by atomic mass is 32.1. The van der Waals surface area contributed by atoms with Crippen molar-refractivity contribution in [3.63, 3.8) is 0 Å². The number of nitrogens with one attached hydrogen (secondary N) is 2. The highest BCUT2D eigenvalue weighted by Gasteiger charge is 2.21. The van der Waals surface area contributed by atoms with Gasteiger partial charge in [0.05, 0.1) is 17.6 Å². The number of amides is 2. The zero-order valence-electron chi connectivity index (χ0n) is 14.5. The molecule has 3 aromatic heterocycles. The molecule has 3 aromatic rings. The Balaban J connectivity index is 1.69. The average Bonchev–Trinajstić information content (AvgIpc) is 3.26. The third-order valence-corrected chi connectivity index (χ3v) is 4.77. The Labute approximate surface area is 155 Å². The molecule has 3 rings (SSSR count). The van der Waals surface area contributed by atoms with E-state index in [1.165, 1.54) is 6.20 Å². The van der Waals surface area contributed by atoms with E-state index in [1.807, 2.05) is 42.1 Å². The maximum Gasteiger partial charge on any atom is 0.313 e. The quantitative estimate of drug-likeness (QED) is 0.676. The number of rotatable bonds is 5. The molecule has 0 radical (unpaired) electrons. The minimum Gasteiger partial charge on any atom is -0.345 e. The number of pyridine rings is 1. The van der Waals surface area contributed by atoms with E-state index in [9.17, 15) is 9.59 Å². The number of aryl methyl sites for hydroxylation is 2. The van der Waals surface area contributed by atoms with Crippen LogP contribution in [-0.2, 0) is 9.59 Å². The van der Waals surface area contributed by atoms with Gasteiger partial charge in [-0.25, -0.2) is 0 Å². The third kappa shape index (κ3) is 4.15. The number of hydrogen-bond donors (Lipinski definition) is 2. The zero-order valence-corrected chi connectivity index (χ0v) is 15.3. The van der Waals surface area contributed by atoms with E-state index in [-0.39, 0.29) is 12.6 Å². The minimum absolute atomic E-state index is 0.168. The van der Waals surface area contributed by atoms with Crippen LogP contribution in [-0.4, -0.2) is 33.1 Å². The van der Waals surface area contributed by atoms with E-state index < -0.39 is 11.8 Å². The summed E-state index contributed by atoms with van der Waals surface area (Å²) in [6.07, 6.45) is 3.07. The predicted molar refractivity (Wildman–Crippen MR) is 100 cm³/mol. The lowest BCUT2D eigenvalue weighted by Crippen LogP contribution is -2.39. The van der Waals surface area contributed by atoms with Crippen LogP contribution in [0.25, 0.3) is 0 Å².